The van der Waals surface area contributed by atoms with Crippen molar-refractivity contribution in [3.05, 3.63) is 10.0 Å². The van der Waals surface area contributed by atoms with Gasteiger partial charge >= 0.3 is 0 Å². The fraction of sp³-hybridized carbons (Fsp3) is 0.556. The van der Waals surface area contributed by atoms with Gasteiger partial charge in [0.15, 0.2) is 10.3 Å². The Kier molecular flexibility index (Phi) is 3.91. The second-order valence-electron chi connectivity index (χ2n) is 3.45. The Bertz CT molecular complexity index is 383. The number of hydrogen-bond donors (Lipinski definition) is 2. The van der Waals surface area contributed by atoms with Crippen LogP contribution in [0.2, 0.25) is 5.15 Å². The van der Waals surface area contributed by atoms with Gasteiger partial charge in [-0.2, -0.15) is 5.26 Å². The topological polar surface area (TPSA) is 68.9 Å². The van der Waals surface area contributed by atoms with Crippen LogP contribution in [0.4, 0.5) is 5.13 Å². The van der Waals surface area contributed by atoms with Crippen LogP contribution in [-0.2, 0) is 0 Å². The van der Waals surface area contributed by atoms with Crippen molar-refractivity contribution in [3.8, 4) is 6.07 Å². The second-order valence-corrected chi connectivity index (χ2v) is 4.81. The molecule has 82 valence electrons. The molecule has 6 heteroatoms. The van der Waals surface area contributed by atoms with Crippen molar-refractivity contribution in [2.45, 2.75) is 25.9 Å². The van der Waals surface area contributed by atoms with Crippen molar-refractivity contribution in [3.63, 3.8) is 0 Å². The van der Waals surface area contributed by atoms with Crippen LogP contribution >= 0.6 is 22.9 Å². The fourth-order valence-corrected chi connectivity index (χ4v) is 1.78. The molecule has 4 nitrogen and oxygen atoms in total. The monoisotopic (exact) mass is 245 g/mol. The maximum Gasteiger partial charge on any atom is 0.185 e. The summed E-state index contributed by atoms with van der Waals surface area (Å²) >= 11 is 6.89. The van der Waals surface area contributed by atoms with Gasteiger partial charge in [0.05, 0.1) is 5.60 Å². The third-order valence-corrected chi connectivity index (χ3v) is 3.37. The zero-order chi connectivity index (χ0) is 11.5. The second kappa shape index (κ2) is 4.79. The van der Waals surface area contributed by atoms with Crippen molar-refractivity contribution in [2.75, 3.05) is 11.9 Å². The maximum absolute atomic E-state index is 9.73. The minimum Gasteiger partial charge on any atom is -0.388 e. The fourth-order valence-electron chi connectivity index (χ4n) is 0.837. The zero-order valence-electron chi connectivity index (χ0n) is 8.54. The van der Waals surface area contributed by atoms with E-state index in [1.165, 1.54) is 11.3 Å². The number of hydrogen-bond acceptors (Lipinski definition) is 5. The van der Waals surface area contributed by atoms with Crippen LogP contribution in [0.3, 0.4) is 0 Å². The molecular weight excluding hydrogens is 234 g/mol. The van der Waals surface area contributed by atoms with Crippen LogP contribution < -0.4 is 5.32 Å². The van der Waals surface area contributed by atoms with Crippen LogP contribution in [0.15, 0.2) is 0 Å². The number of nitriles is 1. The van der Waals surface area contributed by atoms with Crippen molar-refractivity contribution >= 4 is 28.1 Å². The Balaban J connectivity index is 2.63. The van der Waals surface area contributed by atoms with Gasteiger partial charge in [-0.3, -0.25) is 0 Å². The van der Waals surface area contributed by atoms with Crippen molar-refractivity contribution in [1.82, 2.24) is 4.98 Å². The summed E-state index contributed by atoms with van der Waals surface area (Å²) in [6.07, 6.45) is 0.643. The Morgan fingerprint density at radius 1 is 1.73 bits per heavy atom. The molecule has 0 radical (unpaired) electrons. The maximum atomic E-state index is 9.73. The van der Waals surface area contributed by atoms with Gasteiger partial charge in [0.1, 0.15) is 10.9 Å². The normalized spacial score (nSPS) is 14.3. The number of aromatic nitrogens is 1. The summed E-state index contributed by atoms with van der Waals surface area (Å²) in [5, 5.41) is 22.1. The van der Waals surface area contributed by atoms with Crippen molar-refractivity contribution < 1.29 is 5.11 Å². The van der Waals surface area contributed by atoms with Gasteiger partial charge in [-0.25, -0.2) is 4.98 Å². The van der Waals surface area contributed by atoms with Crippen LogP contribution in [-0.4, -0.2) is 22.2 Å². The molecule has 0 amide bonds. The average molecular weight is 246 g/mol. The van der Waals surface area contributed by atoms with E-state index in [-0.39, 0.29) is 5.15 Å². The zero-order valence-corrected chi connectivity index (χ0v) is 10.1. The minimum atomic E-state index is -0.773. The summed E-state index contributed by atoms with van der Waals surface area (Å²) in [6, 6.07) is 1.95. The lowest BCUT2D eigenvalue weighted by Crippen LogP contribution is -2.32. The summed E-state index contributed by atoms with van der Waals surface area (Å²) in [6.45, 7) is 4.02. The molecule has 0 fully saturated rings. The number of aliphatic hydroxyl groups is 1. The Morgan fingerprint density at radius 3 is 2.87 bits per heavy atom. The summed E-state index contributed by atoms with van der Waals surface area (Å²) in [5.41, 5.74) is -0.773. The molecule has 0 aliphatic carbocycles. The molecule has 0 aliphatic rings. The third kappa shape index (κ3) is 3.34. The minimum absolute atomic E-state index is 0.209. The van der Waals surface area contributed by atoms with Gasteiger partial charge in [0.25, 0.3) is 0 Å². The van der Waals surface area contributed by atoms with E-state index in [0.29, 0.717) is 23.0 Å². The van der Waals surface area contributed by atoms with Crippen LogP contribution in [0, 0.1) is 11.3 Å². The highest BCUT2D eigenvalue weighted by molar-refractivity contribution is 7.16. The van der Waals surface area contributed by atoms with Crippen LogP contribution in [0.25, 0.3) is 0 Å². The summed E-state index contributed by atoms with van der Waals surface area (Å²) in [4.78, 5) is 4.34. The number of nitrogens with one attached hydrogen (secondary N) is 1. The molecule has 2 N–H and O–H groups in total. The summed E-state index contributed by atoms with van der Waals surface area (Å²) in [5.74, 6) is 0. The highest BCUT2D eigenvalue weighted by atomic mass is 35.5. The molecule has 0 saturated heterocycles. The van der Waals surface area contributed by atoms with Gasteiger partial charge < -0.3 is 10.4 Å². The molecule has 0 aliphatic heterocycles. The SMILES string of the molecule is CCC(C)(O)CNc1nc(Cl)c(C#N)s1. The van der Waals surface area contributed by atoms with E-state index in [0.717, 1.165) is 0 Å². The summed E-state index contributed by atoms with van der Waals surface area (Å²) < 4.78 is 0. The van der Waals surface area contributed by atoms with E-state index >= 15 is 0 Å². The van der Waals surface area contributed by atoms with Gasteiger partial charge in [0.2, 0.25) is 0 Å². The molecule has 1 aromatic rings. The first-order chi connectivity index (χ1) is 6.98. The predicted molar refractivity (Wildman–Crippen MR) is 61.2 cm³/mol. The number of rotatable bonds is 4. The predicted octanol–water partition coefficient (Wildman–Crippen LogP) is 2.24. The van der Waals surface area contributed by atoms with E-state index in [2.05, 4.69) is 10.3 Å². The molecule has 1 rings (SSSR count). The quantitative estimate of drug-likeness (QED) is 0.854. The molecule has 0 saturated carbocycles. The first kappa shape index (κ1) is 12.2. The van der Waals surface area contributed by atoms with Gasteiger partial charge in [0, 0.05) is 6.54 Å². The van der Waals surface area contributed by atoms with Crippen molar-refractivity contribution in [2.24, 2.45) is 0 Å². The van der Waals surface area contributed by atoms with Crippen LogP contribution in [0.1, 0.15) is 25.1 Å². The molecular formula is C9H12ClN3OS. The molecule has 1 unspecified atom stereocenters. The highest BCUT2D eigenvalue weighted by Crippen LogP contribution is 2.26. The van der Waals surface area contributed by atoms with E-state index in [1.807, 2.05) is 13.0 Å². The van der Waals surface area contributed by atoms with Crippen LogP contribution in [0.5, 0.6) is 0 Å². The number of halogens is 1. The number of nitrogens with zero attached hydrogens (tertiary/aromatic N) is 2. The van der Waals surface area contributed by atoms with Gasteiger partial charge in [-0.05, 0) is 13.3 Å². The van der Waals surface area contributed by atoms with Gasteiger partial charge in [-0.1, -0.05) is 29.9 Å². The lowest BCUT2D eigenvalue weighted by atomic mass is 10.0. The highest BCUT2D eigenvalue weighted by Gasteiger charge is 2.18. The molecule has 1 aromatic heterocycles. The van der Waals surface area contributed by atoms with Crippen molar-refractivity contribution in [1.29, 1.82) is 5.26 Å². The first-order valence-corrected chi connectivity index (χ1v) is 5.70. The lowest BCUT2D eigenvalue weighted by molar-refractivity contribution is 0.0697. The van der Waals surface area contributed by atoms with E-state index in [9.17, 15) is 5.11 Å². The Labute approximate surface area is 97.5 Å². The largest absolute Gasteiger partial charge is 0.388 e. The molecule has 0 bridgehead atoms. The first-order valence-electron chi connectivity index (χ1n) is 4.51. The Morgan fingerprint density at radius 2 is 2.40 bits per heavy atom. The molecule has 1 heterocycles. The third-order valence-electron chi connectivity index (χ3n) is 2.07. The standard InChI is InChI=1S/C9H12ClN3OS/c1-3-9(2,14)5-12-8-13-7(10)6(4-11)15-8/h14H,3,5H2,1-2H3,(H,12,13). The molecule has 0 spiro atoms. The number of anilines is 1. The van der Waals surface area contributed by atoms with Gasteiger partial charge in [-0.15, -0.1) is 0 Å². The smallest absolute Gasteiger partial charge is 0.185 e. The van der Waals surface area contributed by atoms with E-state index in [4.69, 9.17) is 16.9 Å². The van der Waals surface area contributed by atoms with E-state index < -0.39 is 5.60 Å². The summed E-state index contributed by atoms with van der Waals surface area (Å²) in [7, 11) is 0. The number of thiazole rings is 1. The molecule has 1 atom stereocenters. The average Bonchev–Trinajstić information content (AvgIpc) is 2.56. The molecule has 0 aromatic carbocycles. The molecule has 15 heavy (non-hydrogen) atoms. The Hall–Kier alpha value is -0.830. The lowest BCUT2D eigenvalue weighted by Gasteiger charge is -2.20. The van der Waals surface area contributed by atoms with E-state index in [1.54, 1.807) is 6.92 Å².